The fraction of sp³-hybridized carbons (Fsp3) is 0.250. The lowest BCUT2D eigenvalue weighted by molar-refractivity contribution is -0.121. The van der Waals surface area contributed by atoms with E-state index in [9.17, 15) is 9.59 Å². The Balaban J connectivity index is 1.62. The first-order valence-electron chi connectivity index (χ1n) is 8.95. The Labute approximate surface area is 167 Å². The van der Waals surface area contributed by atoms with Crippen molar-refractivity contribution < 1.29 is 14.3 Å². The third kappa shape index (κ3) is 5.16. The number of aromatic amines is 1. The molecule has 0 saturated carbocycles. The summed E-state index contributed by atoms with van der Waals surface area (Å²) in [7, 11) is 3.07. The molecule has 1 aromatic carbocycles. The minimum atomic E-state index is -0.387. The zero-order valence-electron chi connectivity index (χ0n) is 16.1. The molecule has 0 atom stereocenters. The molecule has 3 rings (SSSR count). The maximum absolute atomic E-state index is 12.3. The highest BCUT2D eigenvalue weighted by molar-refractivity contribution is 5.76. The van der Waals surface area contributed by atoms with Crippen molar-refractivity contribution in [2.75, 3.05) is 14.2 Å². The Hall–Kier alpha value is -3.75. The van der Waals surface area contributed by atoms with Crippen molar-refractivity contribution in [2.24, 2.45) is 0 Å². The van der Waals surface area contributed by atoms with Crippen molar-refractivity contribution in [1.82, 2.24) is 25.5 Å². The molecule has 2 N–H and O–H groups in total. The minimum Gasteiger partial charge on any atom is -0.493 e. The number of benzene rings is 1. The predicted octanol–water partition coefficient (Wildman–Crippen LogP) is 1.49. The van der Waals surface area contributed by atoms with Gasteiger partial charge in [-0.15, -0.1) is 10.2 Å². The number of carbonyl (C=O) groups excluding carboxylic acids is 1. The van der Waals surface area contributed by atoms with Crippen LogP contribution in [0.15, 0.2) is 47.4 Å². The largest absolute Gasteiger partial charge is 0.493 e. The van der Waals surface area contributed by atoms with Gasteiger partial charge in [0.25, 0.3) is 5.56 Å². The van der Waals surface area contributed by atoms with E-state index in [4.69, 9.17) is 9.47 Å². The number of aromatic nitrogens is 4. The molecule has 9 nitrogen and oxygen atoms in total. The van der Waals surface area contributed by atoms with Crippen LogP contribution >= 0.6 is 0 Å². The van der Waals surface area contributed by atoms with Crippen LogP contribution in [0, 0.1) is 0 Å². The Bertz CT molecular complexity index is 1040. The molecular formula is C20H21N5O4. The molecule has 2 heterocycles. The van der Waals surface area contributed by atoms with Crippen molar-refractivity contribution in [3.05, 3.63) is 64.3 Å². The number of methoxy groups -OCH3 is 2. The number of H-pyrrole nitrogens is 1. The van der Waals surface area contributed by atoms with E-state index in [1.54, 1.807) is 31.5 Å². The molecule has 3 aromatic rings. The van der Waals surface area contributed by atoms with E-state index in [2.05, 4.69) is 25.5 Å². The third-order valence-corrected chi connectivity index (χ3v) is 4.20. The highest BCUT2D eigenvalue weighted by Gasteiger charge is 2.12. The minimum absolute atomic E-state index is 0.125. The van der Waals surface area contributed by atoms with Crippen LogP contribution in [0.2, 0.25) is 0 Å². The molecule has 0 aliphatic rings. The van der Waals surface area contributed by atoms with Crippen molar-refractivity contribution in [3.8, 4) is 22.9 Å². The monoisotopic (exact) mass is 395 g/mol. The van der Waals surface area contributed by atoms with Crippen molar-refractivity contribution in [2.45, 2.75) is 19.4 Å². The molecule has 0 spiro atoms. The highest BCUT2D eigenvalue weighted by Crippen LogP contribution is 2.30. The van der Waals surface area contributed by atoms with Gasteiger partial charge in [0.05, 0.1) is 26.5 Å². The zero-order chi connectivity index (χ0) is 20.6. The van der Waals surface area contributed by atoms with Crippen LogP contribution in [-0.2, 0) is 17.8 Å². The number of hydrogen-bond donors (Lipinski definition) is 2. The van der Waals surface area contributed by atoms with E-state index >= 15 is 0 Å². The molecule has 0 saturated heterocycles. The third-order valence-electron chi connectivity index (χ3n) is 4.20. The summed E-state index contributed by atoms with van der Waals surface area (Å²) >= 11 is 0. The van der Waals surface area contributed by atoms with E-state index in [1.165, 1.54) is 7.11 Å². The number of amides is 1. The van der Waals surface area contributed by atoms with Crippen LogP contribution in [0.4, 0.5) is 0 Å². The fourth-order valence-corrected chi connectivity index (χ4v) is 2.65. The van der Waals surface area contributed by atoms with Gasteiger partial charge in [-0.2, -0.15) is 0 Å². The summed E-state index contributed by atoms with van der Waals surface area (Å²) < 4.78 is 10.5. The molecule has 0 unspecified atom stereocenters. The fourth-order valence-electron chi connectivity index (χ4n) is 2.65. The Morgan fingerprint density at radius 2 is 1.93 bits per heavy atom. The van der Waals surface area contributed by atoms with E-state index in [-0.39, 0.29) is 30.0 Å². The van der Waals surface area contributed by atoms with Gasteiger partial charge in [0.15, 0.2) is 17.3 Å². The average Bonchev–Trinajstić information content (AvgIpc) is 2.77. The molecule has 0 aliphatic carbocycles. The quantitative estimate of drug-likeness (QED) is 0.593. The maximum Gasteiger partial charge on any atom is 0.273 e. The first-order chi connectivity index (χ1) is 14.1. The molecule has 0 fully saturated rings. The highest BCUT2D eigenvalue weighted by atomic mass is 16.5. The number of pyridine rings is 1. The number of ether oxygens (including phenoxy) is 2. The second-order valence-electron chi connectivity index (χ2n) is 6.12. The van der Waals surface area contributed by atoms with Gasteiger partial charge >= 0.3 is 0 Å². The standard InChI is InChI=1S/C20H21N5O4/c1-28-16-8-6-13(11-17(16)29-2)19-23-20(27)15(24-25-19)7-9-18(26)22-12-14-5-3-4-10-21-14/h3-6,8,10-11H,7,9,12H2,1-2H3,(H,22,26)(H,23,25,27). The van der Waals surface area contributed by atoms with Crippen LogP contribution in [0.1, 0.15) is 17.8 Å². The van der Waals surface area contributed by atoms with Crippen molar-refractivity contribution in [1.29, 1.82) is 0 Å². The summed E-state index contributed by atoms with van der Waals surface area (Å²) in [5.74, 6) is 1.20. The lowest BCUT2D eigenvalue weighted by atomic mass is 10.2. The molecule has 29 heavy (non-hydrogen) atoms. The Morgan fingerprint density at radius 1 is 1.10 bits per heavy atom. The lowest BCUT2D eigenvalue weighted by Gasteiger charge is -2.09. The van der Waals surface area contributed by atoms with Gasteiger partial charge in [-0.1, -0.05) is 6.07 Å². The molecule has 150 valence electrons. The normalized spacial score (nSPS) is 10.4. The van der Waals surface area contributed by atoms with Gasteiger partial charge in [0.2, 0.25) is 5.91 Å². The zero-order valence-corrected chi connectivity index (χ0v) is 16.1. The summed E-state index contributed by atoms with van der Waals surface area (Å²) in [5.41, 5.74) is 1.20. The molecule has 0 bridgehead atoms. The molecular weight excluding hydrogens is 374 g/mol. The molecule has 0 radical (unpaired) electrons. The van der Waals surface area contributed by atoms with Gasteiger partial charge in [-0.25, -0.2) is 0 Å². The van der Waals surface area contributed by atoms with Crippen LogP contribution in [0.5, 0.6) is 11.5 Å². The van der Waals surface area contributed by atoms with E-state index in [0.29, 0.717) is 29.4 Å². The molecule has 1 amide bonds. The van der Waals surface area contributed by atoms with Crippen LogP contribution in [0.25, 0.3) is 11.4 Å². The summed E-state index contributed by atoms with van der Waals surface area (Å²) in [6.45, 7) is 0.333. The molecule has 2 aromatic heterocycles. The first-order valence-corrected chi connectivity index (χ1v) is 8.95. The van der Waals surface area contributed by atoms with Crippen LogP contribution in [0.3, 0.4) is 0 Å². The number of rotatable bonds is 8. The summed E-state index contributed by atoms with van der Waals surface area (Å²) in [6, 6.07) is 10.6. The summed E-state index contributed by atoms with van der Waals surface area (Å²) in [5, 5.41) is 10.8. The number of carbonyl (C=O) groups is 1. The van der Waals surface area contributed by atoms with Gasteiger partial charge in [0.1, 0.15) is 5.69 Å². The Morgan fingerprint density at radius 3 is 2.62 bits per heavy atom. The number of aryl methyl sites for hydroxylation is 1. The Kier molecular flexibility index (Phi) is 6.51. The average molecular weight is 395 g/mol. The molecule has 0 aliphatic heterocycles. The van der Waals surface area contributed by atoms with Gasteiger partial charge < -0.3 is 19.8 Å². The smallest absolute Gasteiger partial charge is 0.273 e. The number of nitrogens with zero attached hydrogens (tertiary/aromatic N) is 3. The number of hydrogen-bond acceptors (Lipinski definition) is 7. The summed E-state index contributed by atoms with van der Waals surface area (Å²) in [6.07, 6.45) is 1.97. The van der Waals surface area contributed by atoms with E-state index in [1.807, 2.05) is 18.2 Å². The van der Waals surface area contributed by atoms with Crippen LogP contribution in [-0.4, -0.2) is 40.3 Å². The number of nitrogens with one attached hydrogen (secondary N) is 2. The van der Waals surface area contributed by atoms with Gasteiger partial charge in [-0.3, -0.25) is 14.6 Å². The lowest BCUT2D eigenvalue weighted by Crippen LogP contribution is -2.25. The van der Waals surface area contributed by atoms with E-state index in [0.717, 1.165) is 5.69 Å². The SMILES string of the molecule is COc1ccc(-c2nnc(CCC(=O)NCc3ccccn3)c(=O)[nH]2)cc1OC. The van der Waals surface area contributed by atoms with Crippen molar-refractivity contribution >= 4 is 5.91 Å². The predicted molar refractivity (Wildman–Crippen MR) is 106 cm³/mol. The molecule has 9 heteroatoms. The topological polar surface area (TPSA) is 119 Å². The van der Waals surface area contributed by atoms with Crippen LogP contribution < -0.4 is 20.3 Å². The van der Waals surface area contributed by atoms with Gasteiger partial charge in [-0.05, 0) is 30.3 Å². The first kappa shape index (κ1) is 20.0. The van der Waals surface area contributed by atoms with Crippen molar-refractivity contribution in [3.63, 3.8) is 0 Å². The maximum atomic E-state index is 12.3. The second kappa shape index (κ2) is 9.45. The second-order valence-corrected chi connectivity index (χ2v) is 6.12. The van der Waals surface area contributed by atoms with E-state index < -0.39 is 0 Å². The summed E-state index contributed by atoms with van der Waals surface area (Å²) in [4.78, 5) is 31.2. The van der Waals surface area contributed by atoms with Gasteiger partial charge in [0, 0.05) is 24.6 Å².